The molecule has 1 atom stereocenters. The zero-order chi connectivity index (χ0) is 13.7. The largest absolute Gasteiger partial charge is 0.334 e. The Kier molecular flexibility index (Phi) is 5.22. The van der Waals surface area contributed by atoms with Crippen molar-refractivity contribution in [1.29, 1.82) is 0 Å². The number of likely N-dealkylation sites (N-methyl/N-ethyl adjacent to an activating group) is 2. The first kappa shape index (κ1) is 14.6. The van der Waals surface area contributed by atoms with Crippen LogP contribution in [0.5, 0.6) is 0 Å². The molecular weight excluding hydrogens is 233 g/mol. The Morgan fingerprint density at radius 3 is 2.61 bits per heavy atom. The number of rotatable bonds is 5. The van der Waals surface area contributed by atoms with Gasteiger partial charge in [0.2, 0.25) is 5.95 Å². The van der Waals surface area contributed by atoms with E-state index in [2.05, 4.69) is 4.98 Å². The topological polar surface area (TPSA) is 36.4 Å². The Morgan fingerprint density at radius 1 is 1.44 bits per heavy atom. The zero-order valence-electron chi connectivity index (χ0n) is 11.4. The van der Waals surface area contributed by atoms with Gasteiger partial charge in [0, 0.05) is 19.1 Å². The van der Waals surface area contributed by atoms with Crippen LogP contribution in [-0.4, -0.2) is 53.9 Å². The van der Waals surface area contributed by atoms with Gasteiger partial charge in [0.05, 0.1) is 0 Å². The molecule has 0 aliphatic heterocycles. The molecule has 5 heteroatoms. The van der Waals surface area contributed by atoms with Crippen molar-refractivity contribution in [3.8, 4) is 0 Å². The van der Waals surface area contributed by atoms with E-state index in [1.165, 1.54) is 18.2 Å². The van der Waals surface area contributed by atoms with Crippen molar-refractivity contribution in [3.05, 3.63) is 29.8 Å². The highest BCUT2D eigenvalue weighted by Gasteiger charge is 2.21. The van der Waals surface area contributed by atoms with Crippen LogP contribution < -0.4 is 0 Å². The van der Waals surface area contributed by atoms with Gasteiger partial charge in [-0.2, -0.15) is 4.39 Å². The lowest BCUT2D eigenvalue weighted by Crippen LogP contribution is -2.44. The molecule has 1 aromatic heterocycles. The summed E-state index contributed by atoms with van der Waals surface area (Å²) in [6.45, 7) is 5.21. The van der Waals surface area contributed by atoms with Crippen molar-refractivity contribution in [3.63, 3.8) is 0 Å². The number of amides is 1. The van der Waals surface area contributed by atoms with Crippen molar-refractivity contribution >= 4 is 5.91 Å². The van der Waals surface area contributed by atoms with Crippen LogP contribution in [-0.2, 0) is 0 Å². The molecule has 1 heterocycles. The van der Waals surface area contributed by atoms with E-state index in [9.17, 15) is 9.18 Å². The first-order chi connectivity index (χ1) is 8.45. The van der Waals surface area contributed by atoms with E-state index in [1.807, 2.05) is 32.8 Å². The number of pyridine rings is 1. The molecule has 0 saturated heterocycles. The summed E-state index contributed by atoms with van der Waals surface area (Å²) in [4.78, 5) is 19.6. The summed E-state index contributed by atoms with van der Waals surface area (Å²) in [5, 5.41) is 0. The predicted molar refractivity (Wildman–Crippen MR) is 68.9 cm³/mol. The van der Waals surface area contributed by atoms with E-state index in [0.717, 1.165) is 6.54 Å². The van der Waals surface area contributed by atoms with Crippen LogP contribution in [0.15, 0.2) is 18.2 Å². The summed E-state index contributed by atoms with van der Waals surface area (Å²) in [5.74, 6) is -0.858. The molecule has 0 aliphatic rings. The molecule has 1 amide bonds. The van der Waals surface area contributed by atoms with Crippen LogP contribution in [0.3, 0.4) is 0 Å². The lowest BCUT2D eigenvalue weighted by molar-refractivity contribution is 0.0671. The lowest BCUT2D eigenvalue weighted by Gasteiger charge is -2.29. The van der Waals surface area contributed by atoms with Crippen molar-refractivity contribution in [1.82, 2.24) is 14.8 Å². The minimum absolute atomic E-state index is 0.0579. The zero-order valence-corrected chi connectivity index (χ0v) is 11.4. The number of carbonyl (C=O) groups excluding carboxylic acids is 1. The molecule has 0 aliphatic carbocycles. The normalized spacial score (nSPS) is 12.6. The smallest absolute Gasteiger partial charge is 0.272 e. The Balaban J connectivity index is 2.85. The number of halogens is 1. The van der Waals surface area contributed by atoms with Gasteiger partial charge in [0.15, 0.2) is 0 Å². The molecule has 1 rings (SSSR count). The van der Waals surface area contributed by atoms with E-state index < -0.39 is 5.95 Å². The van der Waals surface area contributed by atoms with Crippen LogP contribution in [0.1, 0.15) is 24.3 Å². The molecule has 1 aromatic rings. The van der Waals surface area contributed by atoms with E-state index >= 15 is 0 Å². The third kappa shape index (κ3) is 3.77. The van der Waals surface area contributed by atoms with E-state index in [1.54, 1.807) is 4.90 Å². The average Bonchev–Trinajstić information content (AvgIpc) is 2.28. The molecule has 100 valence electrons. The Morgan fingerprint density at radius 2 is 2.11 bits per heavy atom. The third-order valence-corrected chi connectivity index (χ3v) is 2.70. The monoisotopic (exact) mass is 253 g/mol. The van der Waals surface area contributed by atoms with E-state index in [0.29, 0.717) is 6.54 Å². The third-order valence-electron chi connectivity index (χ3n) is 2.70. The van der Waals surface area contributed by atoms with Crippen LogP contribution in [0.4, 0.5) is 4.39 Å². The molecule has 0 N–H and O–H groups in total. The standard InChI is InChI=1S/C13H20FN3O/c1-5-17(10(2)9-16(3)4)13(18)11-7-6-8-12(14)15-11/h6-8,10H,5,9H2,1-4H3. The molecule has 0 radical (unpaired) electrons. The van der Waals surface area contributed by atoms with Crippen LogP contribution in [0.2, 0.25) is 0 Å². The highest BCUT2D eigenvalue weighted by atomic mass is 19.1. The predicted octanol–water partition coefficient (Wildman–Crippen LogP) is 1.63. The fraction of sp³-hybridized carbons (Fsp3) is 0.538. The van der Waals surface area contributed by atoms with Crippen LogP contribution in [0.25, 0.3) is 0 Å². The molecule has 4 nitrogen and oxygen atoms in total. The molecule has 0 spiro atoms. The maximum Gasteiger partial charge on any atom is 0.272 e. The molecule has 18 heavy (non-hydrogen) atoms. The summed E-state index contributed by atoms with van der Waals surface area (Å²) in [6, 6.07) is 4.33. The van der Waals surface area contributed by atoms with Crippen molar-refractivity contribution in [2.24, 2.45) is 0 Å². The molecule has 0 saturated carbocycles. The van der Waals surface area contributed by atoms with Gasteiger partial charge in [-0.3, -0.25) is 4.79 Å². The Labute approximate surface area is 107 Å². The van der Waals surface area contributed by atoms with Gasteiger partial charge in [-0.05, 0) is 40.1 Å². The summed E-state index contributed by atoms with van der Waals surface area (Å²) >= 11 is 0. The van der Waals surface area contributed by atoms with Crippen molar-refractivity contribution in [2.45, 2.75) is 19.9 Å². The Hall–Kier alpha value is -1.49. The highest BCUT2D eigenvalue weighted by Crippen LogP contribution is 2.08. The van der Waals surface area contributed by atoms with Gasteiger partial charge >= 0.3 is 0 Å². The van der Waals surface area contributed by atoms with Gasteiger partial charge in [-0.15, -0.1) is 0 Å². The summed E-state index contributed by atoms with van der Waals surface area (Å²) in [6.07, 6.45) is 0. The maximum atomic E-state index is 13.0. The quantitative estimate of drug-likeness (QED) is 0.748. The second kappa shape index (κ2) is 6.44. The SMILES string of the molecule is CCN(C(=O)c1cccc(F)n1)C(C)CN(C)C. The molecule has 0 bridgehead atoms. The molecule has 0 aromatic carbocycles. The second-order valence-electron chi connectivity index (χ2n) is 4.55. The van der Waals surface area contributed by atoms with Gasteiger partial charge in [-0.25, -0.2) is 4.98 Å². The van der Waals surface area contributed by atoms with Crippen molar-refractivity contribution < 1.29 is 9.18 Å². The first-order valence-corrected chi connectivity index (χ1v) is 6.04. The lowest BCUT2D eigenvalue weighted by atomic mass is 10.2. The molecule has 0 fully saturated rings. The maximum absolute atomic E-state index is 13.0. The van der Waals surface area contributed by atoms with E-state index in [-0.39, 0.29) is 17.6 Å². The number of aromatic nitrogens is 1. The summed E-state index contributed by atoms with van der Waals surface area (Å²) in [5.41, 5.74) is 0.155. The highest BCUT2D eigenvalue weighted by molar-refractivity contribution is 5.92. The molecular formula is C13H20FN3O. The second-order valence-corrected chi connectivity index (χ2v) is 4.55. The number of hydrogen-bond acceptors (Lipinski definition) is 3. The minimum atomic E-state index is -0.628. The number of hydrogen-bond donors (Lipinski definition) is 0. The molecule has 1 unspecified atom stereocenters. The summed E-state index contributed by atoms with van der Waals surface area (Å²) < 4.78 is 13.0. The van der Waals surface area contributed by atoms with Crippen LogP contribution in [0, 0.1) is 5.95 Å². The minimum Gasteiger partial charge on any atom is -0.334 e. The van der Waals surface area contributed by atoms with Gasteiger partial charge in [0.25, 0.3) is 5.91 Å². The van der Waals surface area contributed by atoms with E-state index in [4.69, 9.17) is 0 Å². The van der Waals surface area contributed by atoms with Gasteiger partial charge < -0.3 is 9.80 Å². The van der Waals surface area contributed by atoms with Crippen molar-refractivity contribution in [2.75, 3.05) is 27.2 Å². The van der Waals surface area contributed by atoms with Gasteiger partial charge in [-0.1, -0.05) is 6.07 Å². The Bertz CT molecular complexity index is 409. The first-order valence-electron chi connectivity index (χ1n) is 6.04. The number of carbonyl (C=O) groups is 1. The summed E-state index contributed by atoms with van der Waals surface area (Å²) in [7, 11) is 3.91. The fourth-order valence-electron chi connectivity index (χ4n) is 1.96. The fourth-order valence-corrected chi connectivity index (χ4v) is 1.96. The van der Waals surface area contributed by atoms with Gasteiger partial charge in [0.1, 0.15) is 5.69 Å². The van der Waals surface area contributed by atoms with Crippen LogP contribution >= 0.6 is 0 Å². The number of nitrogens with zero attached hydrogens (tertiary/aromatic N) is 3. The average molecular weight is 253 g/mol.